The van der Waals surface area contributed by atoms with Gasteiger partial charge in [-0.3, -0.25) is 0 Å². The number of allylic oxidation sites excluding steroid dienone is 1. The third kappa shape index (κ3) is 1.54. The molecule has 3 heteroatoms. The number of fused-ring (bicyclic) bond motifs is 1. The lowest BCUT2D eigenvalue weighted by Crippen LogP contribution is -2.32. The Morgan fingerprint density at radius 1 is 1.64 bits per heavy atom. The van der Waals surface area contributed by atoms with Gasteiger partial charge in [-0.1, -0.05) is 20.4 Å². The molecule has 0 fully saturated rings. The quantitative estimate of drug-likeness (QED) is 0.683. The van der Waals surface area contributed by atoms with Crippen LogP contribution in [0, 0.1) is 5.41 Å². The van der Waals surface area contributed by atoms with E-state index in [2.05, 4.69) is 25.5 Å². The second-order valence-corrected chi connectivity index (χ2v) is 4.76. The maximum absolute atomic E-state index is 5.63. The summed E-state index contributed by atoms with van der Waals surface area (Å²) in [6.45, 7) is 11.9. The summed E-state index contributed by atoms with van der Waals surface area (Å²) >= 11 is 0. The van der Waals surface area contributed by atoms with Gasteiger partial charge in [-0.05, 0) is 12.5 Å². The van der Waals surface area contributed by atoms with Gasteiger partial charge in [0, 0.05) is 11.5 Å². The summed E-state index contributed by atoms with van der Waals surface area (Å²) in [4.78, 5) is 0. The van der Waals surface area contributed by atoms with E-state index in [1.165, 1.54) is 0 Å². The lowest BCUT2D eigenvalue weighted by molar-refractivity contribution is 0.100. The minimum Gasteiger partial charge on any atom is -0.477 e. The molecule has 14 heavy (non-hydrogen) atoms. The van der Waals surface area contributed by atoms with Crippen LogP contribution < -0.4 is 4.74 Å². The Kier molecular flexibility index (Phi) is 1.91. The Hall–Kier alpha value is -1.25. The normalized spacial score (nSPS) is 18.5. The summed E-state index contributed by atoms with van der Waals surface area (Å²) in [7, 11) is 0. The predicted molar refractivity (Wildman–Crippen MR) is 56.2 cm³/mol. The molecule has 3 nitrogen and oxygen atoms in total. The third-order valence-electron chi connectivity index (χ3n) is 2.37. The number of rotatable bonds is 1. The SMILES string of the molecule is C=C(C)c1cc2n(n1)CC(C)(C)CO2. The largest absolute Gasteiger partial charge is 0.477 e. The van der Waals surface area contributed by atoms with E-state index < -0.39 is 0 Å². The van der Waals surface area contributed by atoms with Crippen molar-refractivity contribution in [2.24, 2.45) is 5.41 Å². The van der Waals surface area contributed by atoms with E-state index in [4.69, 9.17) is 4.74 Å². The summed E-state index contributed by atoms with van der Waals surface area (Å²) < 4.78 is 7.55. The van der Waals surface area contributed by atoms with Crippen LogP contribution in [0.1, 0.15) is 26.5 Å². The van der Waals surface area contributed by atoms with E-state index >= 15 is 0 Å². The summed E-state index contributed by atoms with van der Waals surface area (Å²) in [5.74, 6) is 0.863. The number of hydrogen-bond donors (Lipinski definition) is 0. The fourth-order valence-electron chi connectivity index (χ4n) is 1.56. The lowest BCUT2D eigenvalue weighted by atomic mass is 9.94. The third-order valence-corrected chi connectivity index (χ3v) is 2.37. The molecule has 0 atom stereocenters. The summed E-state index contributed by atoms with van der Waals surface area (Å²) in [6.07, 6.45) is 0. The molecular weight excluding hydrogens is 176 g/mol. The van der Waals surface area contributed by atoms with Crippen LogP contribution in [0.3, 0.4) is 0 Å². The molecule has 0 bridgehead atoms. The fraction of sp³-hybridized carbons (Fsp3) is 0.545. The van der Waals surface area contributed by atoms with E-state index in [1.54, 1.807) is 0 Å². The van der Waals surface area contributed by atoms with Gasteiger partial charge in [0.15, 0.2) is 0 Å². The predicted octanol–water partition coefficient (Wildman–Crippen LogP) is 2.33. The summed E-state index contributed by atoms with van der Waals surface area (Å²) in [6, 6.07) is 1.96. The minimum atomic E-state index is 0.172. The molecule has 0 saturated heterocycles. The van der Waals surface area contributed by atoms with Crippen molar-refractivity contribution in [1.82, 2.24) is 9.78 Å². The van der Waals surface area contributed by atoms with E-state index in [9.17, 15) is 0 Å². The maximum atomic E-state index is 5.63. The number of aromatic nitrogens is 2. The first-order chi connectivity index (χ1) is 6.48. The molecule has 1 aliphatic rings. The molecule has 0 N–H and O–H groups in total. The van der Waals surface area contributed by atoms with Crippen LogP contribution in [0.4, 0.5) is 0 Å². The number of hydrogen-bond acceptors (Lipinski definition) is 2. The molecule has 0 aromatic carbocycles. The Morgan fingerprint density at radius 2 is 2.36 bits per heavy atom. The van der Waals surface area contributed by atoms with E-state index in [0.29, 0.717) is 0 Å². The van der Waals surface area contributed by atoms with Gasteiger partial charge >= 0.3 is 0 Å². The molecule has 1 aromatic rings. The van der Waals surface area contributed by atoms with Crippen LogP contribution >= 0.6 is 0 Å². The van der Waals surface area contributed by atoms with Gasteiger partial charge in [0.1, 0.15) is 0 Å². The maximum Gasteiger partial charge on any atom is 0.212 e. The number of nitrogens with zero attached hydrogens (tertiary/aromatic N) is 2. The minimum absolute atomic E-state index is 0.172. The zero-order valence-corrected chi connectivity index (χ0v) is 9.00. The van der Waals surface area contributed by atoms with Crippen LogP contribution in [0.2, 0.25) is 0 Å². The standard InChI is InChI=1S/C11H16N2O/c1-8(2)9-5-10-13(12-9)6-11(3,4)7-14-10/h5H,1,6-7H2,2-4H3. The van der Waals surface area contributed by atoms with Gasteiger partial charge in [0.05, 0.1) is 18.8 Å². The smallest absolute Gasteiger partial charge is 0.212 e. The highest BCUT2D eigenvalue weighted by molar-refractivity contribution is 5.58. The highest BCUT2D eigenvalue weighted by atomic mass is 16.5. The van der Waals surface area contributed by atoms with Gasteiger partial charge in [0.25, 0.3) is 0 Å². The molecule has 0 radical (unpaired) electrons. The molecule has 2 rings (SSSR count). The molecule has 0 amide bonds. The second kappa shape index (κ2) is 2.87. The molecule has 0 unspecified atom stereocenters. The van der Waals surface area contributed by atoms with E-state index in [1.807, 2.05) is 17.7 Å². The van der Waals surface area contributed by atoms with Gasteiger partial charge < -0.3 is 4.74 Å². The van der Waals surface area contributed by atoms with Gasteiger partial charge in [-0.15, -0.1) is 0 Å². The topological polar surface area (TPSA) is 27.1 Å². The molecule has 1 aromatic heterocycles. The first kappa shape index (κ1) is 9.31. The summed E-state index contributed by atoms with van der Waals surface area (Å²) in [5.41, 5.74) is 2.08. The zero-order chi connectivity index (χ0) is 10.3. The van der Waals surface area contributed by atoms with E-state index in [0.717, 1.165) is 30.3 Å². The molecule has 1 aliphatic heterocycles. The molecule has 0 saturated carbocycles. The molecule has 76 valence electrons. The highest BCUT2D eigenvalue weighted by Gasteiger charge is 2.27. The van der Waals surface area contributed by atoms with Gasteiger partial charge in [-0.25, -0.2) is 4.68 Å². The first-order valence-electron chi connectivity index (χ1n) is 4.84. The molecule has 0 spiro atoms. The Balaban J connectivity index is 2.34. The second-order valence-electron chi connectivity index (χ2n) is 4.76. The Morgan fingerprint density at radius 3 is 3.00 bits per heavy atom. The molecule has 2 heterocycles. The average Bonchev–Trinajstić information content (AvgIpc) is 2.45. The van der Waals surface area contributed by atoms with Crippen LogP contribution in [-0.2, 0) is 6.54 Å². The first-order valence-corrected chi connectivity index (χ1v) is 4.84. The van der Waals surface area contributed by atoms with Crippen molar-refractivity contribution < 1.29 is 4.74 Å². The van der Waals surface area contributed by atoms with Crippen molar-refractivity contribution in [2.75, 3.05) is 6.61 Å². The van der Waals surface area contributed by atoms with Crippen molar-refractivity contribution in [3.63, 3.8) is 0 Å². The fourth-order valence-corrected chi connectivity index (χ4v) is 1.56. The highest BCUT2D eigenvalue weighted by Crippen LogP contribution is 2.29. The molecular formula is C11H16N2O. The monoisotopic (exact) mass is 192 g/mol. The zero-order valence-electron chi connectivity index (χ0n) is 9.00. The van der Waals surface area contributed by atoms with Crippen LogP contribution in [0.5, 0.6) is 5.88 Å². The van der Waals surface area contributed by atoms with Gasteiger partial charge in [-0.2, -0.15) is 5.10 Å². The van der Waals surface area contributed by atoms with Crippen LogP contribution in [0.15, 0.2) is 12.6 Å². The van der Waals surface area contributed by atoms with Crippen molar-refractivity contribution >= 4 is 5.57 Å². The summed E-state index contributed by atoms with van der Waals surface area (Å²) in [5, 5.41) is 4.44. The average molecular weight is 192 g/mol. The van der Waals surface area contributed by atoms with E-state index in [-0.39, 0.29) is 5.41 Å². The van der Waals surface area contributed by atoms with Crippen LogP contribution in [0.25, 0.3) is 5.57 Å². The van der Waals surface area contributed by atoms with Crippen molar-refractivity contribution in [2.45, 2.75) is 27.3 Å². The number of ether oxygens (including phenoxy) is 1. The van der Waals surface area contributed by atoms with Crippen LogP contribution in [-0.4, -0.2) is 16.4 Å². The van der Waals surface area contributed by atoms with Crippen molar-refractivity contribution in [3.05, 3.63) is 18.3 Å². The van der Waals surface area contributed by atoms with Crippen molar-refractivity contribution in [3.8, 4) is 5.88 Å². The Bertz CT molecular complexity index is 377. The molecule has 0 aliphatic carbocycles. The lowest BCUT2D eigenvalue weighted by Gasteiger charge is -2.29. The van der Waals surface area contributed by atoms with Gasteiger partial charge in [0.2, 0.25) is 5.88 Å². The van der Waals surface area contributed by atoms with Crippen molar-refractivity contribution in [1.29, 1.82) is 0 Å². The Labute approximate surface area is 84.4 Å².